The van der Waals surface area contributed by atoms with Crippen LogP contribution < -0.4 is 9.47 Å². The van der Waals surface area contributed by atoms with Crippen molar-refractivity contribution in [1.29, 1.82) is 0 Å². The van der Waals surface area contributed by atoms with Crippen LogP contribution in [0.1, 0.15) is 0 Å². The molecule has 3 aromatic rings. The molecular weight excluding hydrogens is 294 g/mol. The molecule has 0 amide bonds. The van der Waals surface area contributed by atoms with Crippen molar-refractivity contribution in [3.8, 4) is 22.6 Å². The van der Waals surface area contributed by atoms with Crippen LogP contribution in [0.15, 0.2) is 54.6 Å². The van der Waals surface area contributed by atoms with Crippen LogP contribution in [-0.4, -0.2) is 19.1 Å². The highest BCUT2D eigenvalue weighted by atomic mass is 16.6. The molecule has 0 saturated carbocycles. The van der Waals surface area contributed by atoms with Crippen molar-refractivity contribution in [2.24, 2.45) is 0 Å². The Labute approximate surface area is 133 Å². The highest BCUT2D eigenvalue weighted by Gasteiger charge is 2.17. The van der Waals surface area contributed by atoms with Crippen molar-refractivity contribution in [2.45, 2.75) is 0 Å². The number of hydrogen-bond acceptors (Lipinski definition) is 4. The van der Waals surface area contributed by atoms with E-state index in [1.54, 1.807) is 38.5 Å². The van der Waals surface area contributed by atoms with Crippen LogP contribution in [0.25, 0.3) is 21.9 Å². The highest BCUT2D eigenvalue weighted by Crippen LogP contribution is 2.39. The maximum Gasteiger partial charge on any atom is 0.277 e. The summed E-state index contributed by atoms with van der Waals surface area (Å²) in [5, 5.41) is 12.6. The molecule has 0 aliphatic heterocycles. The van der Waals surface area contributed by atoms with Gasteiger partial charge in [0.15, 0.2) is 0 Å². The fourth-order valence-corrected chi connectivity index (χ4v) is 2.70. The number of non-ortho nitro benzene ring substituents is 1. The standard InChI is InChI=1S/C18H15NO4/c1-22-12-7-8-16(18(11-12)23-2)14-9-10-17(19(20)21)15-6-4-3-5-13(14)15/h3-11H,1-2H3. The lowest BCUT2D eigenvalue weighted by Crippen LogP contribution is -1.93. The second kappa shape index (κ2) is 5.96. The third kappa shape index (κ3) is 2.57. The predicted octanol–water partition coefficient (Wildman–Crippen LogP) is 4.43. The van der Waals surface area contributed by atoms with Gasteiger partial charge in [-0.05, 0) is 35.2 Å². The van der Waals surface area contributed by atoms with Gasteiger partial charge in [0.1, 0.15) is 11.5 Å². The summed E-state index contributed by atoms with van der Waals surface area (Å²) in [5.41, 5.74) is 1.84. The number of nitro groups is 1. The monoisotopic (exact) mass is 309 g/mol. The quantitative estimate of drug-likeness (QED) is 0.528. The van der Waals surface area contributed by atoms with E-state index in [1.807, 2.05) is 24.3 Å². The molecule has 0 aromatic heterocycles. The van der Waals surface area contributed by atoms with E-state index < -0.39 is 0 Å². The van der Waals surface area contributed by atoms with Crippen molar-refractivity contribution in [3.63, 3.8) is 0 Å². The van der Waals surface area contributed by atoms with Gasteiger partial charge in [-0.1, -0.05) is 18.2 Å². The molecular formula is C18H15NO4. The SMILES string of the molecule is COc1ccc(-c2ccc([N+](=O)[O-])c3ccccc23)c(OC)c1. The van der Waals surface area contributed by atoms with Crippen LogP contribution in [0, 0.1) is 10.1 Å². The Morgan fingerprint density at radius 2 is 1.57 bits per heavy atom. The first kappa shape index (κ1) is 14.8. The van der Waals surface area contributed by atoms with Gasteiger partial charge in [-0.3, -0.25) is 10.1 Å². The number of methoxy groups -OCH3 is 2. The number of benzene rings is 3. The van der Waals surface area contributed by atoms with E-state index in [9.17, 15) is 10.1 Å². The molecule has 3 rings (SSSR count). The fourth-order valence-electron chi connectivity index (χ4n) is 2.70. The van der Waals surface area contributed by atoms with Gasteiger partial charge in [0, 0.05) is 17.7 Å². The summed E-state index contributed by atoms with van der Waals surface area (Å²) in [6.07, 6.45) is 0. The molecule has 0 radical (unpaired) electrons. The Kier molecular flexibility index (Phi) is 3.85. The van der Waals surface area contributed by atoms with E-state index >= 15 is 0 Å². The van der Waals surface area contributed by atoms with Gasteiger partial charge >= 0.3 is 0 Å². The predicted molar refractivity (Wildman–Crippen MR) is 89.1 cm³/mol. The van der Waals surface area contributed by atoms with Gasteiger partial charge in [-0.2, -0.15) is 0 Å². The second-order valence-corrected chi connectivity index (χ2v) is 5.00. The molecule has 0 saturated heterocycles. The number of nitrogens with zero attached hydrogens (tertiary/aromatic N) is 1. The minimum Gasteiger partial charge on any atom is -0.497 e. The zero-order valence-corrected chi connectivity index (χ0v) is 12.8. The summed E-state index contributed by atoms with van der Waals surface area (Å²) >= 11 is 0. The topological polar surface area (TPSA) is 61.6 Å². The third-order valence-electron chi connectivity index (χ3n) is 3.80. The second-order valence-electron chi connectivity index (χ2n) is 5.00. The maximum absolute atomic E-state index is 11.2. The van der Waals surface area contributed by atoms with E-state index in [1.165, 1.54) is 6.07 Å². The Hall–Kier alpha value is -3.08. The Balaban J connectivity index is 2.30. The summed E-state index contributed by atoms with van der Waals surface area (Å²) < 4.78 is 10.7. The first-order valence-corrected chi connectivity index (χ1v) is 7.04. The summed E-state index contributed by atoms with van der Waals surface area (Å²) in [7, 11) is 3.18. The number of fused-ring (bicyclic) bond motifs is 1. The molecule has 0 aliphatic carbocycles. The van der Waals surface area contributed by atoms with Crippen LogP contribution in [0.2, 0.25) is 0 Å². The lowest BCUT2D eigenvalue weighted by Gasteiger charge is -2.13. The molecule has 0 bridgehead atoms. The van der Waals surface area contributed by atoms with Gasteiger partial charge in [-0.15, -0.1) is 0 Å². The molecule has 0 atom stereocenters. The maximum atomic E-state index is 11.2. The largest absolute Gasteiger partial charge is 0.497 e. The highest BCUT2D eigenvalue weighted by molar-refractivity contribution is 6.02. The van der Waals surface area contributed by atoms with Crippen molar-refractivity contribution in [1.82, 2.24) is 0 Å². The average Bonchev–Trinajstić information content (AvgIpc) is 2.60. The smallest absolute Gasteiger partial charge is 0.277 e. The zero-order valence-electron chi connectivity index (χ0n) is 12.8. The normalized spacial score (nSPS) is 10.5. The molecule has 0 spiro atoms. The van der Waals surface area contributed by atoms with Gasteiger partial charge < -0.3 is 9.47 Å². The lowest BCUT2D eigenvalue weighted by molar-refractivity contribution is -0.383. The van der Waals surface area contributed by atoms with Gasteiger partial charge in [-0.25, -0.2) is 0 Å². The molecule has 5 heteroatoms. The minimum absolute atomic E-state index is 0.0943. The van der Waals surface area contributed by atoms with E-state index in [4.69, 9.17) is 9.47 Å². The van der Waals surface area contributed by atoms with E-state index in [0.717, 1.165) is 16.5 Å². The molecule has 0 aliphatic rings. The number of rotatable bonds is 4. The number of hydrogen-bond donors (Lipinski definition) is 0. The summed E-state index contributed by atoms with van der Waals surface area (Å²) in [6, 6.07) is 16.1. The van der Waals surface area contributed by atoms with Crippen LogP contribution in [0.5, 0.6) is 11.5 Å². The van der Waals surface area contributed by atoms with Crippen LogP contribution in [-0.2, 0) is 0 Å². The molecule has 5 nitrogen and oxygen atoms in total. The summed E-state index contributed by atoms with van der Waals surface area (Å²) in [6.45, 7) is 0. The molecule has 3 aromatic carbocycles. The Morgan fingerprint density at radius 1 is 0.870 bits per heavy atom. The fraction of sp³-hybridized carbons (Fsp3) is 0.111. The third-order valence-corrected chi connectivity index (χ3v) is 3.80. The van der Waals surface area contributed by atoms with Crippen molar-refractivity contribution in [2.75, 3.05) is 14.2 Å². The number of nitro benzene ring substituents is 1. The van der Waals surface area contributed by atoms with Gasteiger partial charge in [0.05, 0.1) is 24.5 Å². The zero-order chi connectivity index (χ0) is 16.4. The minimum atomic E-state index is -0.364. The van der Waals surface area contributed by atoms with Crippen LogP contribution in [0.4, 0.5) is 5.69 Å². The molecule has 0 heterocycles. The van der Waals surface area contributed by atoms with Crippen LogP contribution in [0.3, 0.4) is 0 Å². The van der Waals surface area contributed by atoms with Crippen molar-refractivity contribution in [3.05, 3.63) is 64.7 Å². The molecule has 0 unspecified atom stereocenters. The summed E-state index contributed by atoms with van der Waals surface area (Å²) in [5.74, 6) is 1.35. The molecule has 116 valence electrons. The van der Waals surface area contributed by atoms with Crippen LogP contribution >= 0.6 is 0 Å². The Bertz CT molecular complexity index is 889. The average molecular weight is 309 g/mol. The lowest BCUT2D eigenvalue weighted by atomic mass is 9.96. The molecule has 0 N–H and O–H groups in total. The van der Waals surface area contributed by atoms with E-state index in [2.05, 4.69) is 0 Å². The van der Waals surface area contributed by atoms with Gasteiger partial charge in [0.25, 0.3) is 5.69 Å². The number of ether oxygens (including phenoxy) is 2. The molecule has 23 heavy (non-hydrogen) atoms. The molecule has 0 fully saturated rings. The van der Waals surface area contributed by atoms with Gasteiger partial charge in [0.2, 0.25) is 0 Å². The Morgan fingerprint density at radius 3 is 2.22 bits per heavy atom. The first-order valence-electron chi connectivity index (χ1n) is 7.04. The van der Waals surface area contributed by atoms with E-state index in [0.29, 0.717) is 16.9 Å². The summed E-state index contributed by atoms with van der Waals surface area (Å²) in [4.78, 5) is 10.9. The first-order chi connectivity index (χ1) is 11.2. The van der Waals surface area contributed by atoms with E-state index in [-0.39, 0.29) is 10.6 Å². The van der Waals surface area contributed by atoms with Crippen molar-refractivity contribution < 1.29 is 14.4 Å². The van der Waals surface area contributed by atoms with Crippen molar-refractivity contribution >= 4 is 16.5 Å².